The zero-order valence-electron chi connectivity index (χ0n) is 20.8. The molecule has 0 unspecified atom stereocenters. The summed E-state index contributed by atoms with van der Waals surface area (Å²) in [5.74, 6) is -0.477. The molecule has 0 bridgehead atoms. The van der Waals surface area contributed by atoms with Crippen molar-refractivity contribution in [3.05, 3.63) is 94.6 Å². The zero-order chi connectivity index (χ0) is 27.4. The molecule has 0 aliphatic carbocycles. The molecule has 0 saturated carbocycles. The Labute approximate surface area is 224 Å². The largest absolute Gasteiger partial charge is 0.497 e. The standard InChI is InChI=1S/C27H25N3O6S2/c1-17-13-20(25-11-10-24(37-25)18(2)31)14-23(27(32)29-33)26(17)30(16-19-5-4-12-28-15-19)38(34,35)22-8-6-21(36-3)7-9-22/h4-15,33H,16H2,1-3H3,(H,29,32). The molecule has 1 amide bonds. The molecule has 2 N–H and O–H groups in total. The van der Waals surface area contributed by atoms with Crippen molar-refractivity contribution in [1.29, 1.82) is 0 Å². The Bertz CT molecular complexity index is 1580. The van der Waals surface area contributed by atoms with Gasteiger partial charge in [-0.2, -0.15) is 0 Å². The number of Topliss-reactive ketones (excluding diaryl/α,β-unsaturated/α-hetero) is 1. The Kier molecular flexibility index (Phi) is 7.91. The van der Waals surface area contributed by atoms with Gasteiger partial charge < -0.3 is 4.74 Å². The highest BCUT2D eigenvalue weighted by Gasteiger charge is 2.31. The van der Waals surface area contributed by atoms with E-state index in [2.05, 4.69) is 4.98 Å². The number of sulfonamides is 1. The molecule has 4 aromatic rings. The number of carbonyl (C=O) groups excluding carboxylic acids is 2. The van der Waals surface area contributed by atoms with E-state index in [1.807, 2.05) is 0 Å². The van der Waals surface area contributed by atoms with E-state index in [1.54, 1.807) is 55.1 Å². The number of ketones is 1. The Hall–Kier alpha value is -4.06. The quantitative estimate of drug-likeness (QED) is 0.173. The normalized spacial score (nSPS) is 11.2. The van der Waals surface area contributed by atoms with Gasteiger partial charge in [-0.3, -0.25) is 24.1 Å². The van der Waals surface area contributed by atoms with Crippen LogP contribution in [0.5, 0.6) is 5.75 Å². The number of aromatic nitrogens is 1. The van der Waals surface area contributed by atoms with Crippen LogP contribution in [0, 0.1) is 6.92 Å². The van der Waals surface area contributed by atoms with E-state index in [-0.39, 0.29) is 28.5 Å². The van der Waals surface area contributed by atoms with Crippen molar-refractivity contribution < 1.29 is 28.0 Å². The van der Waals surface area contributed by atoms with Crippen LogP contribution in [0.1, 0.15) is 38.1 Å². The highest BCUT2D eigenvalue weighted by molar-refractivity contribution is 7.92. The van der Waals surface area contributed by atoms with Gasteiger partial charge in [0, 0.05) is 17.3 Å². The van der Waals surface area contributed by atoms with Gasteiger partial charge in [-0.05, 0) is 85.1 Å². The number of nitrogens with one attached hydrogen (secondary N) is 1. The predicted molar refractivity (Wildman–Crippen MR) is 144 cm³/mol. The number of aryl methyl sites for hydroxylation is 1. The molecule has 0 aliphatic heterocycles. The topological polar surface area (TPSA) is 126 Å². The van der Waals surface area contributed by atoms with Crippen molar-refractivity contribution in [2.24, 2.45) is 0 Å². The van der Waals surface area contributed by atoms with Crippen LogP contribution in [0.15, 0.2) is 78.0 Å². The molecule has 0 atom stereocenters. The minimum atomic E-state index is -4.20. The minimum Gasteiger partial charge on any atom is -0.497 e. The van der Waals surface area contributed by atoms with Gasteiger partial charge in [0.25, 0.3) is 15.9 Å². The van der Waals surface area contributed by atoms with Crippen LogP contribution >= 0.6 is 11.3 Å². The van der Waals surface area contributed by atoms with Gasteiger partial charge in [0.1, 0.15) is 5.75 Å². The lowest BCUT2D eigenvalue weighted by atomic mass is 10.0. The smallest absolute Gasteiger partial charge is 0.276 e. The number of pyridine rings is 1. The number of nitrogens with zero attached hydrogens (tertiary/aromatic N) is 2. The highest BCUT2D eigenvalue weighted by atomic mass is 32.2. The van der Waals surface area contributed by atoms with Crippen molar-refractivity contribution in [2.45, 2.75) is 25.3 Å². The fourth-order valence-electron chi connectivity index (χ4n) is 3.99. The summed E-state index contributed by atoms with van der Waals surface area (Å²) < 4.78 is 34.3. The molecular formula is C27H25N3O6S2. The fraction of sp³-hybridized carbons (Fsp3) is 0.148. The van der Waals surface area contributed by atoms with Crippen LogP contribution in [0.3, 0.4) is 0 Å². The van der Waals surface area contributed by atoms with Crippen LogP contribution in [0.4, 0.5) is 5.69 Å². The number of anilines is 1. The van der Waals surface area contributed by atoms with Crippen molar-refractivity contribution in [1.82, 2.24) is 10.5 Å². The van der Waals surface area contributed by atoms with Crippen LogP contribution < -0.4 is 14.5 Å². The van der Waals surface area contributed by atoms with E-state index in [1.165, 1.54) is 55.7 Å². The van der Waals surface area contributed by atoms with Gasteiger partial charge in [-0.25, -0.2) is 13.9 Å². The molecule has 196 valence electrons. The lowest BCUT2D eigenvalue weighted by Gasteiger charge is -2.28. The van der Waals surface area contributed by atoms with Gasteiger partial charge >= 0.3 is 0 Å². The Morgan fingerprint density at radius 3 is 2.42 bits per heavy atom. The molecule has 0 saturated heterocycles. The first-order chi connectivity index (χ1) is 18.1. The minimum absolute atomic E-state index is 0.00891. The molecule has 4 rings (SSSR count). The number of carbonyl (C=O) groups is 2. The van der Waals surface area contributed by atoms with E-state index in [0.29, 0.717) is 32.2 Å². The number of benzene rings is 2. The molecule has 11 heteroatoms. The highest BCUT2D eigenvalue weighted by Crippen LogP contribution is 2.38. The lowest BCUT2D eigenvalue weighted by Crippen LogP contribution is -2.34. The molecule has 2 heterocycles. The van der Waals surface area contributed by atoms with E-state index in [9.17, 15) is 23.2 Å². The molecular weight excluding hydrogens is 526 g/mol. The van der Waals surface area contributed by atoms with E-state index >= 15 is 0 Å². The number of rotatable bonds is 9. The molecule has 0 aliphatic rings. The Morgan fingerprint density at radius 2 is 1.84 bits per heavy atom. The molecule has 0 fully saturated rings. The lowest BCUT2D eigenvalue weighted by molar-refractivity contribution is 0.0707. The second-order valence-electron chi connectivity index (χ2n) is 8.40. The Morgan fingerprint density at radius 1 is 1.11 bits per heavy atom. The number of hydrogen-bond acceptors (Lipinski definition) is 8. The first-order valence-corrected chi connectivity index (χ1v) is 13.7. The summed E-state index contributed by atoms with van der Waals surface area (Å²) in [5.41, 5.74) is 3.35. The van der Waals surface area contributed by atoms with Crippen molar-refractivity contribution >= 4 is 38.7 Å². The third-order valence-corrected chi connectivity index (χ3v) is 8.82. The maximum atomic E-state index is 14.0. The van der Waals surface area contributed by atoms with Crippen molar-refractivity contribution in [3.8, 4) is 16.2 Å². The number of amides is 1. The second-order valence-corrected chi connectivity index (χ2v) is 11.3. The summed E-state index contributed by atoms with van der Waals surface area (Å²) in [4.78, 5) is 30.1. The summed E-state index contributed by atoms with van der Waals surface area (Å²) in [6.07, 6.45) is 3.12. The number of methoxy groups -OCH3 is 1. The second kappa shape index (κ2) is 11.1. The average Bonchev–Trinajstić information content (AvgIpc) is 3.43. The third kappa shape index (κ3) is 5.44. The molecule has 2 aromatic carbocycles. The fourth-order valence-corrected chi connectivity index (χ4v) is 6.41. The molecule has 9 nitrogen and oxygen atoms in total. The van der Waals surface area contributed by atoms with Gasteiger partial charge in [-0.15, -0.1) is 11.3 Å². The molecule has 2 aromatic heterocycles. The Balaban J connectivity index is 1.93. The molecule has 38 heavy (non-hydrogen) atoms. The van der Waals surface area contributed by atoms with Gasteiger partial charge in [0.15, 0.2) is 5.78 Å². The third-order valence-electron chi connectivity index (χ3n) is 5.83. The first kappa shape index (κ1) is 27.0. The first-order valence-electron chi connectivity index (χ1n) is 11.4. The number of hydrogen-bond donors (Lipinski definition) is 2. The van der Waals surface area contributed by atoms with Crippen molar-refractivity contribution in [2.75, 3.05) is 11.4 Å². The number of thiophene rings is 1. The van der Waals surface area contributed by atoms with E-state index < -0.39 is 15.9 Å². The van der Waals surface area contributed by atoms with Crippen LogP contribution in [0.2, 0.25) is 0 Å². The molecule has 0 radical (unpaired) electrons. The van der Waals surface area contributed by atoms with Crippen LogP contribution in [-0.4, -0.2) is 37.4 Å². The van der Waals surface area contributed by atoms with Crippen molar-refractivity contribution in [3.63, 3.8) is 0 Å². The number of ether oxygens (including phenoxy) is 1. The maximum absolute atomic E-state index is 14.0. The number of hydroxylamine groups is 1. The summed E-state index contributed by atoms with van der Waals surface area (Å²) in [5, 5.41) is 9.56. The van der Waals surface area contributed by atoms with Gasteiger partial charge in [0.05, 0.1) is 34.7 Å². The average molecular weight is 552 g/mol. The van der Waals surface area contributed by atoms with Crippen LogP contribution in [-0.2, 0) is 16.6 Å². The zero-order valence-corrected chi connectivity index (χ0v) is 22.5. The summed E-state index contributed by atoms with van der Waals surface area (Å²) in [7, 11) is -2.72. The summed E-state index contributed by atoms with van der Waals surface area (Å²) in [6.45, 7) is 3.03. The molecule has 0 spiro atoms. The summed E-state index contributed by atoms with van der Waals surface area (Å²) in [6, 6.07) is 16.1. The maximum Gasteiger partial charge on any atom is 0.276 e. The van der Waals surface area contributed by atoms with E-state index in [0.717, 1.165) is 4.31 Å². The van der Waals surface area contributed by atoms with Crippen LogP contribution in [0.25, 0.3) is 10.4 Å². The SMILES string of the molecule is COc1ccc(S(=O)(=O)N(Cc2cccnc2)c2c(C)cc(-c3ccc(C(C)=O)s3)cc2C(=O)NO)cc1. The van der Waals surface area contributed by atoms with Gasteiger partial charge in [0.2, 0.25) is 0 Å². The summed E-state index contributed by atoms with van der Waals surface area (Å²) >= 11 is 1.26. The monoisotopic (exact) mass is 551 g/mol. The predicted octanol–water partition coefficient (Wildman–Crippen LogP) is 4.84. The van der Waals surface area contributed by atoms with Gasteiger partial charge in [-0.1, -0.05) is 6.07 Å². The van der Waals surface area contributed by atoms with E-state index in [4.69, 9.17) is 4.74 Å².